The summed E-state index contributed by atoms with van der Waals surface area (Å²) < 4.78 is 7.65. The number of carboxylic acids is 1. The van der Waals surface area contributed by atoms with Gasteiger partial charge in [-0.05, 0) is 66.8 Å². The summed E-state index contributed by atoms with van der Waals surface area (Å²) in [6, 6.07) is 21.3. The van der Waals surface area contributed by atoms with Crippen LogP contribution in [0.1, 0.15) is 54.6 Å². The lowest BCUT2D eigenvalue weighted by Crippen LogP contribution is -2.30. The molecule has 0 unspecified atom stereocenters. The average Bonchev–Trinajstić information content (AvgIpc) is 3.57. The maximum Gasteiger partial charge on any atom is 0.335 e. The summed E-state index contributed by atoms with van der Waals surface area (Å²) in [5.41, 5.74) is 3.31. The lowest BCUT2D eigenvalue weighted by Gasteiger charge is -2.29. The van der Waals surface area contributed by atoms with Crippen LogP contribution in [0.4, 0.5) is 11.4 Å². The zero-order valence-electron chi connectivity index (χ0n) is 23.2. The zero-order valence-corrected chi connectivity index (χ0v) is 24.0. The number of aromatic nitrogens is 2. The number of benzene rings is 2. The van der Waals surface area contributed by atoms with E-state index < -0.39 is 11.4 Å². The van der Waals surface area contributed by atoms with E-state index in [0.717, 1.165) is 17.1 Å². The number of anilines is 2. The van der Waals surface area contributed by atoms with Crippen molar-refractivity contribution < 1.29 is 19.4 Å². The monoisotopic (exact) mass is 569 g/mol. The number of nitrogens with zero attached hydrogens (tertiary/aromatic N) is 3. The number of aromatic carboxylic acids is 1. The molecule has 2 aromatic heterocycles. The molecule has 0 bridgehead atoms. The summed E-state index contributed by atoms with van der Waals surface area (Å²) in [6.07, 6.45) is 3.64. The number of rotatable bonds is 7. The second-order valence-corrected chi connectivity index (χ2v) is 11.1. The molecule has 1 amide bonds. The highest BCUT2D eigenvalue weighted by atomic mass is 32.1. The van der Waals surface area contributed by atoms with Gasteiger partial charge >= 0.3 is 5.97 Å². The Morgan fingerprint density at radius 3 is 2.51 bits per heavy atom. The van der Waals surface area contributed by atoms with Crippen LogP contribution < -0.4 is 20.3 Å². The Balaban J connectivity index is 1.62. The molecule has 0 saturated carbocycles. The van der Waals surface area contributed by atoms with Gasteiger partial charge in [-0.1, -0.05) is 32.9 Å². The molecule has 1 saturated heterocycles. The second-order valence-electron chi connectivity index (χ2n) is 10.7. The number of thiocarbonyl (C=S) groups is 1. The molecule has 4 aromatic rings. The molecule has 41 heavy (non-hydrogen) atoms. The smallest absolute Gasteiger partial charge is 0.335 e. The Morgan fingerprint density at radius 1 is 1.02 bits per heavy atom. The first-order chi connectivity index (χ1) is 19.6. The molecule has 2 aromatic carbocycles. The van der Waals surface area contributed by atoms with Crippen molar-refractivity contribution >= 4 is 40.6 Å². The van der Waals surface area contributed by atoms with Crippen LogP contribution in [0, 0.1) is 5.41 Å². The van der Waals surface area contributed by atoms with Crippen molar-refractivity contribution in [3.8, 4) is 11.4 Å². The molecule has 210 valence electrons. The third kappa shape index (κ3) is 5.51. The molecule has 10 heteroatoms. The van der Waals surface area contributed by atoms with E-state index in [4.69, 9.17) is 17.0 Å². The number of carbonyl (C=O) groups excluding carboxylic acids is 1. The van der Waals surface area contributed by atoms with E-state index >= 15 is 0 Å². The third-order valence-corrected chi connectivity index (χ3v) is 7.26. The van der Waals surface area contributed by atoms with Crippen LogP contribution in [0.15, 0.2) is 85.2 Å². The summed E-state index contributed by atoms with van der Waals surface area (Å²) in [4.78, 5) is 31.0. The molecular formula is C31H31N5O4S. The summed E-state index contributed by atoms with van der Waals surface area (Å²) in [6.45, 7) is 5.55. The lowest BCUT2D eigenvalue weighted by atomic mass is 9.95. The normalized spacial score (nSPS) is 16.8. The van der Waals surface area contributed by atoms with Crippen molar-refractivity contribution in [2.45, 2.75) is 32.9 Å². The number of amides is 1. The number of ether oxygens (including phenoxy) is 1. The van der Waals surface area contributed by atoms with Gasteiger partial charge < -0.3 is 29.9 Å². The van der Waals surface area contributed by atoms with E-state index in [1.54, 1.807) is 37.6 Å². The number of carbonyl (C=O) groups is 2. The summed E-state index contributed by atoms with van der Waals surface area (Å²) in [5, 5.41) is 16.5. The first-order valence-electron chi connectivity index (χ1n) is 13.1. The van der Waals surface area contributed by atoms with E-state index in [1.165, 1.54) is 0 Å². The fourth-order valence-corrected chi connectivity index (χ4v) is 5.18. The minimum Gasteiger partial charge on any atom is -0.494 e. The Hall–Kier alpha value is -4.70. The quantitative estimate of drug-likeness (QED) is 0.242. The van der Waals surface area contributed by atoms with Crippen LogP contribution in [0.3, 0.4) is 0 Å². The molecule has 0 aliphatic carbocycles. The van der Waals surface area contributed by atoms with Crippen molar-refractivity contribution in [3.05, 3.63) is 102 Å². The molecule has 1 aliphatic rings. The van der Waals surface area contributed by atoms with E-state index in [1.807, 2.05) is 85.0 Å². The predicted octanol–water partition coefficient (Wildman–Crippen LogP) is 5.74. The van der Waals surface area contributed by atoms with Gasteiger partial charge in [0.25, 0.3) is 0 Å². The van der Waals surface area contributed by atoms with Gasteiger partial charge in [-0.2, -0.15) is 0 Å². The Kier molecular flexibility index (Phi) is 7.51. The molecule has 3 N–H and O–H groups in total. The molecule has 0 spiro atoms. The average molecular weight is 570 g/mol. The van der Waals surface area contributed by atoms with Gasteiger partial charge in [-0.15, -0.1) is 0 Å². The topological polar surface area (TPSA) is 109 Å². The van der Waals surface area contributed by atoms with Crippen molar-refractivity contribution in [2.75, 3.05) is 17.3 Å². The van der Waals surface area contributed by atoms with E-state index in [2.05, 4.69) is 15.6 Å². The van der Waals surface area contributed by atoms with Crippen LogP contribution in [0.2, 0.25) is 0 Å². The van der Waals surface area contributed by atoms with Crippen LogP contribution in [0.25, 0.3) is 5.69 Å². The lowest BCUT2D eigenvalue weighted by molar-refractivity contribution is -0.123. The Bertz CT molecular complexity index is 1610. The number of hydrogen-bond donors (Lipinski definition) is 3. The number of hydrogen-bond acceptors (Lipinski definition) is 5. The molecule has 2 atom stereocenters. The van der Waals surface area contributed by atoms with Crippen molar-refractivity contribution in [2.24, 2.45) is 5.41 Å². The maximum absolute atomic E-state index is 12.7. The molecular weight excluding hydrogens is 538 g/mol. The van der Waals surface area contributed by atoms with Gasteiger partial charge in [-0.3, -0.25) is 9.78 Å². The van der Waals surface area contributed by atoms with Gasteiger partial charge in [0.1, 0.15) is 11.8 Å². The molecule has 5 rings (SSSR count). The van der Waals surface area contributed by atoms with E-state index in [-0.39, 0.29) is 23.6 Å². The third-order valence-electron chi connectivity index (χ3n) is 6.95. The highest BCUT2D eigenvalue weighted by Crippen LogP contribution is 2.44. The molecule has 1 aliphatic heterocycles. The highest BCUT2D eigenvalue weighted by molar-refractivity contribution is 7.80. The Labute approximate surface area is 243 Å². The standard InChI is InChI=1S/C31H31N5O4S/c1-31(2,3)29(39)33-22-14-13-21(18-25(22)40-4)36-27(26(34-30(36)41)23-11-5-6-15-32-23)24-12-8-16-35(24)20-10-7-9-19(17-20)28(37)38/h5-18,26-27H,1-4H3,(H,33,39)(H,34,41)(H,37,38)/t26-,27-/m1/s1. The van der Waals surface area contributed by atoms with Crippen LogP contribution in [-0.2, 0) is 4.79 Å². The van der Waals surface area contributed by atoms with Crippen LogP contribution in [-0.4, -0.2) is 38.8 Å². The number of carboxylic acid groups (broad SMARTS) is 1. The molecule has 0 radical (unpaired) electrons. The van der Waals surface area contributed by atoms with E-state index in [0.29, 0.717) is 22.2 Å². The minimum absolute atomic E-state index is 0.128. The van der Waals surface area contributed by atoms with Crippen molar-refractivity contribution in [3.63, 3.8) is 0 Å². The van der Waals surface area contributed by atoms with Crippen molar-refractivity contribution in [1.29, 1.82) is 0 Å². The first-order valence-corrected chi connectivity index (χ1v) is 13.5. The summed E-state index contributed by atoms with van der Waals surface area (Å²) in [5.74, 6) is -0.633. The molecule has 9 nitrogen and oxygen atoms in total. The maximum atomic E-state index is 12.7. The first kappa shape index (κ1) is 27.9. The Morgan fingerprint density at radius 2 is 1.83 bits per heavy atom. The number of methoxy groups -OCH3 is 1. The zero-order chi connectivity index (χ0) is 29.3. The fraction of sp³-hybridized carbons (Fsp3) is 0.226. The van der Waals surface area contributed by atoms with Gasteiger partial charge in [0.15, 0.2) is 5.11 Å². The SMILES string of the molecule is COc1cc(N2C(=S)N[C@H](c3ccccn3)[C@H]2c2cccn2-c2cccc(C(=O)O)c2)ccc1NC(=O)C(C)(C)C. The van der Waals surface area contributed by atoms with Gasteiger partial charge in [0.2, 0.25) is 5.91 Å². The second kappa shape index (κ2) is 11.1. The number of pyridine rings is 1. The number of nitrogens with one attached hydrogen (secondary N) is 2. The van der Waals surface area contributed by atoms with Crippen LogP contribution >= 0.6 is 12.2 Å². The van der Waals surface area contributed by atoms with Gasteiger partial charge in [-0.25, -0.2) is 4.79 Å². The highest BCUT2D eigenvalue weighted by Gasteiger charge is 2.42. The van der Waals surface area contributed by atoms with Crippen molar-refractivity contribution in [1.82, 2.24) is 14.9 Å². The summed E-state index contributed by atoms with van der Waals surface area (Å²) in [7, 11) is 1.56. The molecule has 1 fully saturated rings. The largest absolute Gasteiger partial charge is 0.494 e. The van der Waals surface area contributed by atoms with Crippen LogP contribution in [0.5, 0.6) is 5.75 Å². The molecule has 3 heterocycles. The van der Waals surface area contributed by atoms with E-state index in [9.17, 15) is 14.7 Å². The summed E-state index contributed by atoms with van der Waals surface area (Å²) >= 11 is 5.89. The fourth-order valence-electron chi connectivity index (χ4n) is 4.84. The van der Waals surface area contributed by atoms with Gasteiger partial charge in [0.05, 0.1) is 30.1 Å². The van der Waals surface area contributed by atoms with Gasteiger partial charge in [0, 0.05) is 40.9 Å². The predicted molar refractivity (Wildman–Crippen MR) is 162 cm³/mol. The minimum atomic E-state index is -0.997.